The summed E-state index contributed by atoms with van der Waals surface area (Å²) in [7, 11) is 0. The summed E-state index contributed by atoms with van der Waals surface area (Å²) in [5, 5.41) is 6.65. The predicted octanol–water partition coefficient (Wildman–Crippen LogP) is 2.87. The van der Waals surface area contributed by atoms with Gasteiger partial charge < -0.3 is 10.6 Å². The van der Waals surface area contributed by atoms with Crippen molar-refractivity contribution in [3.05, 3.63) is 54.3 Å². The Morgan fingerprint density at radius 3 is 2.64 bits per heavy atom. The molecular formula is C16H14FN5OS2. The molecule has 2 aromatic carbocycles. The van der Waals surface area contributed by atoms with Crippen LogP contribution in [0.4, 0.5) is 15.2 Å². The molecular weight excluding hydrogens is 361 g/mol. The van der Waals surface area contributed by atoms with Crippen LogP contribution in [0, 0.1) is 5.82 Å². The molecule has 0 radical (unpaired) electrons. The van der Waals surface area contributed by atoms with Gasteiger partial charge in [0.05, 0.1) is 16.8 Å². The number of thiocarbonyl (C=S) groups is 1. The second-order valence-electron chi connectivity index (χ2n) is 4.97. The number of hydrogen-bond acceptors (Lipinski definition) is 5. The number of fused-ring (bicyclic) bond motifs is 1. The van der Waals surface area contributed by atoms with Crippen LogP contribution in [0.3, 0.4) is 0 Å². The Kier molecular flexibility index (Phi) is 5.36. The molecule has 0 spiro atoms. The summed E-state index contributed by atoms with van der Waals surface area (Å²) in [5.41, 5.74) is 6.54. The van der Waals surface area contributed by atoms with Crippen molar-refractivity contribution in [2.75, 3.05) is 17.2 Å². The molecule has 9 heteroatoms. The summed E-state index contributed by atoms with van der Waals surface area (Å²) >= 11 is 6.52. The molecule has 0 atom stereocenters. The summed E-state index contributed by atoms with van der Waals surface area (Å²) in [6.07, 6.45) is 0. The largest absolute Gasteiger partial charge is 0.352 e. The van der Waals surface area contributed by atoms with Gasteiger partial charge in [-0.25, -0.2) is 9.37 Å². The van der Waals surface area contributed by atoms with Gasteiger partial charge in [-0.1, -0.05) is 23.5 Å². The second kappa shape index (κ2) is 7.86. The Balaban J connectivity index is 1.43. The van der Waals surface area contributed by atoms with E-state index in [2.05, 4.69) is 26.5 Å². The van der Waals surface area contributed by atoms with E-state index in [1.807, 2.05) is 24.3 Å². The maximum atomic E-state index is 12.8. The number of carbonyl (C=O) groups excluding carboxylic acids is 1. The van der Waals surface area contributed by atoms with Crippen LogP contribution in [-0.2, 0) is 4.79 Å². The SMILES string of the molecule is O=C(CNc1nc2ccccc2s1)NNC(=S)Nc1ccc(F)cc1. The number of nitrogens with zero attached hydrogens (tertiary/aromatic N) is 1. The van der Waals surface area contributed by atoms with E-state index in [1.165, 1.54) is 23.5 Å². The van der Waals surface area contributed by atoms with Crippen LogP contribution >= 0.6 is 23.6 Å². The number of nitrogens with one attached hydrogen (secondary N) is 4. The lowest BCUT2D eigenvalue weighted by Gasteiger charge is -2.11. The lowest BCUT2D eigenvalue weighted by Crippen LogP contribution is -2.45. The van der Waals surface area contributed by atoms with Crippen molar-refractivity contribution in [3.8, 4) is 0 Å². The summed E-state index contributed by atoms with van der Waals surface area (Å²) in [4.78, 5) is 16.2. The second-order valence-corrected chi connectivity index (χ2v) is 6.41. The van der Waals surface area contributed by atoms with Crippen molar-refractivity contribution in [3.63, 3.8) is 0 Å². The van der Waals surface area contributed by atoms with E-state index in [9.17, 15) is 9.18 Å². The molecule has 0 unspecified atom stereocenters. The van der Waals surface area contributed by atoms with Gasteiger partial charge in [0, 0.05) is 5.69 Å². The first-order chi connectivity index (χ1) is 12.1. The molecule has 0 bridgehead atoms. The fourth-order valence-electron chi connectivity index (χ4n) is 1.97. The standard InChI is InChI=1S/C16H14FN5OS2/c17-10-5-7-11(8-6-10)19-15(24)22-21-14(23)9-18-16-20-12-3-1-2-4-13(12)25-16/h1-8H,9H2,(H,18,20)(H,21,23)(H2,19,22,24). The molecule has 0 aliphatic heterocycles. The first kappa shape index (κ1) is 17.1. The van der Waals surface area contributed by atoms with Gasteiger partial charge in [-0.05, 0) is 48.6 Å². The van der Waals surface area contributed by atoms with Gasteiger partial charge in [-0.2, -0.15) is 0 Å². The molecule has 3 rings (SSSR count). The van der Waals surface area contributed by atoms with Crippen molar-refractivity contribution >= 4 is 55.6 Å². The topological polar surface area (TPSA) is 78.1 Å². The Labute approximate surface area is 152 Å². The number of amides is 1. The zero-order chi connectivity index (χ0) is 17.6. The van der Waals surface area contributed by atoms with Crippen LogP contribution in [-0.4, -0.2) is 22.5 Å². The maximum absolute atomic E-state index is 12.8. The third-order valence-corrected chi connectivity index (χ3v) is 4.31. The van der Waals surface area contributed by atoms with Gasteiger partial charge in [0.2, 0.25) is 0 Å². The van der Waals surface area contributed by atoms with Crippen LogP contribution < -0.4 is 21.5 Å². The number of aromatic nitrogens is 1. The molecule has 3 aromatic rings. The van der Waals surface area contributed by atoms with Gasteiger partial charge >= 0.3 is 0 Å². The first-order valence-electron chi connectivity index (χ1n) is 7.31. The minimum atomic E-state index is -0.335. The Bertz CT molecular complexity index is 864. The highest BCUT2D eigenvalue weighted by Gasteiger charge is 2.06. The van der Waals surface area contributed by atoms with Gasteiger partial charge in [-0.15, -0.1) is 0 Å². The predicted molar refractivity (Wildman–Crippen MR) is 102 cm³/mol. The Hall–Kier alpha value is -2.78. The zero-order valence-electron chi connectivity index (χ0n) is 12.9. The molecule has 0 fully saturated rings. The Morgan fingerprint density at radius 1 is 1.12 bits per heavy atom. The van der Waals surface area contributed by atoms with Gasteiger partial charge in [0.1, 0.15) is 5.82 Å². The molecule has 1 aromatic heterocycles. The fourth-order valence-corrected chi connectivity index (χ4v) is 3.00. The third-order valence-electron chi connectivity index (χ3n) is 3.11. The zero-order valence-corrected chi connectivity index (χ0v) is 14.5. The van der Waals surface area contributed by atoms with Crippen LogP contribution in [0.15, 0.2) is 48.5 Å². The highest BCUT2D eigenvalue weighted by Crippen LogP contribution is 2.24. The van der Waals surface area contributed by atoms with E-state index in [0.717, 1.165) is 10.2 Å². The van der Waals surface area contributed by atoms with E-state index in [1.54, 1.807) is 12.1 Å². The van der Waals surface area contributed by atoms with Gasteiger partial charge in [0.15, 0.2) is 10.2 Å². The molecule has 1 amide bonds. The minimum absolute atomic E-state index is 0.0476. The number of anilines is 2. The number of benzene rings is 2. The van der Waals surface area contributed by atoms with Crippen LogP contribution in [0.25, 0.3) is 10.2 Å². The highest BCUT2D eigenvalue weighted by molar-refractivity contribution is 7.80. The van der Waals surface area contributed by atoms with E-state index >= 15 is 0 Å². The molecule has 0 saturated heterocycles. The van der Waals surface area contributed by atoms with Gasteiger partial charge in [-0.3, -0.25) is 15.6 Å². The summed E-state index contributed by atoms with van der Waals surface area (Å²) in [6.45, 7) is 0.0476. The number of thiazole rings is 1. The van der Waals surface area contributed by atoms with Crippen LogP contribution in [0.2, 0.25) is 0 Å². The smallest absolute Gasteiger partial charge is 0.257 e. The van der Waals surface area contributed by atoms with Crippen LogP contribution in [0.1, 0.15) is 0 Å². The average molecular weight is 375 g/mol. The van der Waals surface area contributed by atoms with Gasteiger partial charge in [0.25, 0.3) is 5.91 Å². The van der Waals surface area contributed by atoms with Crippen molar-refractivity contribution in [2.24, 2.45) is 0 Å². The number of hydrazine groups is 1. The molecule has 6 nitrogen and oxygen atoms in total. The fraction of sp³-hybridized carbons (Fsp3) is 0.0625. The minimum Gasteiger partial charge on any atom is -0.352 e. The molecule has 0 aliphatic carbocycles. The van der Waals surface area contributed by atoms with E-state index in [-0.39, 0.29) is 23.4 Å². The van der Waals surface area contributed by atoms with Crippen molar-refractivity contribution in [1.29, 1.82) is 0 Å². The lowest BCUT2D eigenvalue weighted by atomic mass is 10.3. The third kappa shape index (κ3) is 4.85. The Morgan fingerprint density at radius 2 is 1.88 bits per heavy atom. The molecule has 4 N–H and O–H groups in total. The number of hydrogen-bond donors (Lipinski definition) is 4. The quantitative estimate of drug-likeness (QED) is 0.415. The van der Waals surface area contributed by atoms with Crippen molar-refractivity contribution in [1.82, 2.24) is 15.8 Å². The molecule has 0 aliphatic rings. The molecule has 25 heavy (non-hydrogen) atoms. The lowest BCUT2D eigenvalue weighted by molar-refractivity contribution is -0.119. The first-order valence-corrected chi connectivity index (χ1v) is 8.53. The van der Waals surface area contributed by atoms with E-state index in [0.29, 0.717) is 10.8 Å². The van der Waals surface area contributed by atoms with E-state index in [4.69, 9.17) is 12.2 Å². The number of carbonyl (C=O) groups is 1. The number of rotatable bonds is 4. The number of para-hydroxylation sites is 1. The van der Waals surface area contributed by atoms with Crippen molar-refractivity contribution < 1.29 is 9.18 Å². The highest BCUT2D eigenvalue weighted by atomic mass is 32.1. The molecule has 1 heterocycles. The normalized spacial score (nSPS) is 10.3. The van der Waals surface area contributed by atoms with Crippen LogP contribution in [0.5, 0.6) is 0 Å². The van der Waals surface area contributed by atoms with E-state index < -0.39 is 0 Å². The number of halogens is 1. The van der Waals surface area contributed by atoms with Crippen molar-refractivity contribution in [2.45, 2.75) is 0 Å². The summed E-state index contributed by atoms with van der Waals surface area (Å²) in [6, 6.07) is 13.4. The summed E-state index contributed by atoms with van der Waals surface area (Å²) in [5.74, 6) is -0.638. The monoisotopic (exact) mass is 375 g/mol. The summed E-state index contributed by atoms with van der Waals surface area (Å²) < 4.78 is 13.9. The average Bonchev–Trinajstić information content (AvgIpc) is 3.03. The molecule has 0 saturated carbocycles. The maximum Gasteiger partial charge on any atom is 0.257 e. The molecule has 128 valence electrons.